The SMILES string of the molecule is CC(=O)c1cc2c(c(C(F)(F)F)c1)OC1(C=C2)N(C)c2ccccc2C1(C)C. The molecule has 0 aromatic heterocycles. The predicted molar refractivity (Wildman–Crippen MR) is 102 cm³/mol. The summed E-state index contributed by atoms with van der Waals surface area (Å²) in [5.74, 6) is -0.666. The Labute approximate surface area is 161 Å². The fourth-order valence-corrected chi connectivity index (χ4v) is 4.30. The summed E-state index contributed by atoms with van der Waals surface area (Å²) >= 11 is 0. The Balaban J connectivity index is 1.94. The number of para-hydroxylation sites is 1. The van der Waals surface area contributed by atoms with Crippen LogP contribution in [0, 0.1) is 0 Å². The van der Waals surface area contributed by atoms with Crippen molar-refractivity contribution in [3.8, 4) is 5.75 Å². The third-order valence-electron chi connectivity index (χ3n) is 5.91. The van der Waals surface area contributed by atoms with Gasteiger partial charge in [0.2, 0.25) is 5.72 Å². The van der Waals surface area contributed by atoms with Crippen molar-refractivity contribution in [1.82, 2.24) is 0 Å². The molecule has 6 heteroatoms. The van der Waals surface area contributed by atoms with Crippen molar-refractivity contribution in [2.75, 3.05) is 11.9 Å². The quantitative estimate of drug-likeness (QED) is 0.611. The van der Waals surface area contributed by atoms with Gasteiger partial charge in [-0.2, -0.15) is 13.2 Å². The smallest absolute Gasteiger partial charge is 0.420 e. The molecule has 2 heterocycles. The van der Waals surface area contributed by atoms with Crippen molar-refractivity contribution >= 4 is 17.5 Å². The Hall–Kier alpha value is -2.76. The highest BCUT2D eigenvalue weighted by Crippen LogP contribution is 2.55. The van der Waals surface area contributed by atoms with Crippen molar-refractivity contribution in [3.05, 3.63) is 64.7 Å². The maximum absolute atomic E-state index is 13.8. The molecule has 0 saturated heterocycles. The van der Waals surface area contributed by atoms with E-state index in [1.807, 2.05) is 50.1 Å². The van der Waals surface area contributed by atoms with Crippen LogP contribution in [0.3, 0.4) is 0 Å². The normalized spacial score (nSPS) is 22.0. The van der Waals surface area contributed by atoms with Gasteiger partial charge < -0.3 is 9.64 Å². The first-order valence-electron chi connectivity index (χ1n) is 8.97. The number of fused-ring (bicyclic) bond motifs is 2. The van der Waals surface area contributed by atoms with E-state index in [1.54, 1.807) is 12.2 Å². The highest BCUT2D eigenvalue weighted by molar-refractivity contribution is 5.95. The molecule has 2 aliphatic rings. The molecule has 1 spiro atoms. The van der Waals surface area contributed by atoms with E-state index in [0.29, 0.717) is 0 Å². The number of carbonyl (C=O) groups excluding carboxylic acids is 1. The maximum Gasteiger partial charge on any atom is 0.420 e. The first-order valence-corrected chi connectivity index (χ1v) is 8.97. The van der Waals surface area contributed by atoms with Gasteiger partial charge in [-0.25, -0.2) is 0 Å². The molecular formula is C22H20F3NO2. The largest absolute Gasteiger partial charge is 0.462 e. The number of rotatable bonds is 1. The van der Waals surface area contributed by atoms with Gasteiger partial charge in [-0.05, 0) is 56.7 Å². The first-order chi connectivity index (χ1) is 13.0. The van der Waals surface area contributed by atoms with Crippen LogP contribution < -0.4 is 9.64 Å². The summed E-state index contributed by atoms with van der Waals surface area (Å²) in [6.45, 7) is 5.17. The fourth-order valence-electron chi connectivity index (χ4n) is 4.30. The van der Waals surface area contributed by atoms with Crippen LogP contribution in [-0.2, 0) is 11.6 Å². The van der Waals surface area contributed by atoms with Crippen LogP contribution in [0.25, 0.3) is 6.08 Å². The summed E-state index contributed by atoms with van der Waals surface area (Å²) in [4.78, 5) is 13.6. The van der Waals surface area contributed by atoms with Gasteiger partial charge in [0.25, 0.3) is 0 Å². The van der Waals surface area contributed by atoms with Gasteiger partial charge in [0.05, 0.1) is 11.0 Å². The molecule has 2 aromatic carbocycles. The third-order valence-corrected chi connectivity index (χ3v) is 5.91. The minimum atomic E-state index is -4.64. The minimum absolute atomic E-state index is 0.0117. The monoisotopic (exact) mass is 387 g/mol. The zero-order valence-electron chi connectivity index (χ0n) is 16.0. The van der Waals surface area contributed by atoms with E-state index < -0.39 is 28.7 Å². The lowest BCUT2D eigenvalue weighted by atomic mass is 9.76. The summed E-state index contributed by atoms with van der Waals surface area (Å²) in [5.41, 5.74) is -0.465. The van der Waals surface area contributed by atoms with E-state index >= 15 is 0 Å². The number of hydrogen-bond acceptors (Lipinski definition) is 3. The van der Waals surface area contributed by atoms with Crippen LogP contribution >= 0.6 is 0 Å². The molecule has 28 heavy (non-hydrogen) atoms. The number of likely N-dealkylation sites (N-methyl/N-ethyl adjacent to an activating group) is 1. The molecule has 0 fully saturated rings. The maximum atomic E-state index is 13.8. The van der Waals surface area contributed by atoms with Gasteiger partial charge in [0.1, 0.15) is 5.75 Å². The molecule has 0 amide bonds. The molecule has 0 radical (unpaired) electrons. The number of benzene rings is 2. The lowest BCUT2D eigenvalue weighted by Gasteiger charge is -2.46. The van der Waals surface area contributed by atoms with Crippen LogP contribution in [-0.4, -0.2) is 18.6 Å². The zero-order chi connectivity index (χ0) is 20.5. The summed E-state index contributed by atoms with van der Waals surface area (Å²) in [5, 5.41) is 0. The van der Waals surface area contributed by atoms with Crippen molar-refractivity contribution in [2.24, 2.45) is 0 Å². The van der Waals surface area contributed by atoms with E-state index in [4.69, 9.17) is 4.74 Å². The Morgan fingerprint density at radius 1 is 1.14 bits per heavy atom. The van der Waals surface area contributed by atoms with Gasteiger partial charge in [0, 0.05) is 23.9 Å². The molecule has 4 rings (SSSR count). The van der Waals surface area contributed by atoms with Crippen LogP contribution in [0.15, 0.2) is 42.5 Å². The molecule has 2 aromatic rings. The Bertz CT molecular complexity index is 1020. The number of Topliss-reactive ketones (excluding diaryl/α,β-unsaturated/α-hetero) is 1. The molecule has 0 saturated carbocycles. The number of ketones is 1. The lowest BCUT2D eigenvalue weighted by Crippen LogP contribution is -2.58. The van der Waals surface area contributed by atoms with E-state index in [0.717, 1.165) is 17.3 Å². The number of hydrogen-bond donors (Lipinski definition) is 0. The Morgan fingerprint density at radius 3 is 2.43 bits per heavy atom. The fraction of sp³-hybridized carbons (Fsp3) is 0.318. The number of anilines is 1. The molecule has 1 atom stereocenters. The van der Waals surface area contributed by atoms with Crippen LogP contribution in [0.2, 0.25) is 0 Å². The highest BCUT2D eigenvalue weighted by Gasteiger charge is 2.58. The third kappa shape index (κ3) is 2.33. The van der Waals surface area contributed by atoms with Gasteiger partial charge >= 0.3 is 6.18 Å². The number of ether oxygens (including phenoxy) is 1. The topological polar surface area (TPSA) is 29.5 Å². The lowest BCUT2D eigenvalue weighted by molar-refractivity contribution is -0.140. The van der Waals surface area contributed by atoms with Crippen molar-refractivity contribution in [2.45, 2.75) is 38.1 Å². The first kappa shape index (κ1) is 18.6. The van der Waals surface area contributed by atoms with Gasteiger partial charge in [-0.15, -0.1) is 0 Å². The number of carbonyl (C=O) groups is 1. The van der Waals surface area contributed by atoms with Crippen molar-refractivity contribution < 1.29 is 22.7 Å². The average molecular weight is 387 g/mol. The zero-order valence-corrected chi connectivity index (χ0v) is 16.0. The summed E-state index contributed by atoms with van der Waals surface area (Å²) < 4.78 is 47.6. The Kier molecular flexibility index (Phi) is 3.74. The highest BCUT2D eigenvalue weighted by atomic mass is 19.4. The molecule has 0 aliphatic carbocycles. The van der Waals surface area contributed by atoms with E-state index in [1.165, 1.54) is 13.0 Å². The van der Waals surface area contributed by atoms with Gasteiger partial charge in [-0.3, -0.25) is 4.79 Å². The van der Waals surface area contributed by atoms with Crippen molar-refractivity contribution in [3.63, 3.8) is 0 Å². The molecule has 2 aliphatic heterocycles. The van der Waals surface area contributed by atoms with Crippen LogP contribution in [0.4, 0.5) is 18.9 Å². The summed E-state index contributed by atoms with van der Waals surface area (Å²) in [6.07, 6.45) is -1.22. The molecule has 0 bridgehead atoms. The second-order valence-corrected chi connectivity index (χ2v) is 7.83. The number of alkyl halides is 3. The number of halogens is 3. The molecule has 3 nitrogen and oxygen atoms in total. The standard InChI is InChI=1S/C22H20F3NO2/c1-13(27)15-11-14-9-10-21(28-19(14)17(12-15)22(23,24)25)20(2,3)16-7-5-6-8-18(16)26(21)4/h5-12H,1-4H3. The molecular weight excluding hydrogens is 367 g/mol. The molecule has 1 unspecified atom stereocenters. The molecule has 0 N–H and O–H groups in total. The molecule has 146 valence electrons. The summed E-state index contributed by atoms with van der Waals surface area (Å²) in [6, 6.07) is 10.0. The van der Waals surface area contributed by atoms with Gasteiger partial charge in [0.15, 0.2) is 5.78 Å². The van der Waals surface area contributed by atoms with E-state index in [9.17, 15) is 18.0 Å². The van der Waals surface area contributed by atoms with Crippen molar-refractivity contribution in [1.29, 1.82) is 0 Å². The summed E-state index contributed by atoms with van der Waals surface area (Å²) in [7, 11) is 1.82. The van der Waals surface area contributed by atoms with Gasteiger partial charge in [-0.1, -0.05) is 18.2 Å². The van der Waals surface area contributed by atoms with E-state index in [2.05, 4.69) is 0 Å². The second-order valence-electron chi connectivity index (χ2n) is 7.83. The van der Waals surface area contributed by atoms with Crippen LogP contribution in [0.5, 0.6) is 5.75 Å². The average Bonchev–Trinajstić information content (AvgIpc) is 2.79. The van der Waals surface area contributed by atoms with Crippen LogP contribution in [0.1, 0.15) is 47.8 Å². The Morgan fingerprint density at radius 2 is 1.82 bits per heavy atom. The predicted octanol–water partition coefficient (Wildman–Crippen LogP) is 5.44. The second kappa shape index (κ2) is 5.63. The number of nitrogens with zero attached hydrogens (tertiary/aromatic N) is 1. The van der Waals surface area contributed by atoms with E-state index in [-0.39, 0.29) is 16.9 Å². The minimum Gasteiger partial charge on any atom is -0.462 e.